The lowest BCUT2D eigenvalue weighted by Gasteiger charge is -2.33. The van der Waals surface area contributed by atoms with E-state index in [2.05, 4.69) is 0 Å². The first-order valence-corrected chi connectivity index (χ1v) is 14.8. The molecule has 0 aromatic heterocycles. The average Bonchev–Trinajstić information content (AvgIpc) is 3.10. The van der Waals surface area contributed by atoms with Gasteiger partial charge < -0.3 is 0 Å². The van der Waals surface area contributed by atoms with Gasteiger partial charge in [-0.3, -0.25) is 0 Å². The van der Waals surface area contributed by atoms with E-state index in [0.717, 1.165) is 22.9 Å². The fraction of sp³-hybridized carbons (Fsp3) is 0.267. The van der Waals surface area contributed by atoms with Crippen molar-refractivity contribution in [3.8, 4) is 0 Å². The predicted molar refractivity (Wildman–Crippen MR) is 145 cm³/mol. The van der Waals surface area contributed by atoms with E-state index in [-0.39, 0.29) is 10.2 Å². The van der Waals surface area contributed by atoms with E-state index in [4.69, 9.17) is 0 Å². The van der Waals surface area contributed by atoms with Crippen LogP contribution in [0.25, 0.3) is 0 Å². The molecular weight excluding hydrogens is 594 g/mol. The molecule has 3 aromatic rings. The Kier molecular flexibility index (Phi) is 8.51. The van der Waals surface area contributed by atoms with Crippen molar-refractivity contribution in [3.05, 3.63) is 104 Å². The molecule has 4 rings (SSSR count). The van der Waals surface area contributed by atoms with Gasteiger partial charge in [-0.1, -0.05) is 36.3 Å². The Bertz CT molecular complexity index is 1610. The minimum absolute atomic E-state index is 0.132. The molecular formula is C30H24F9PS. The largest absolute Gasteiger partial charge is 0.203 e. The minimum Gasteiger partial charge on any atom is -0.203 e. The van der Waals surface area contributed by atoms with Crippen LogP contribution in [-0.2, 0) is 6.42 Å². The summed E-state index contributed by atoms with van der Waals surface area (Å²) in [5.74, 6) is -19.8. The first-order chi connectivity index (χ1) is 19.1. The second-order valence-corrected chi connectivity index (χ2v) is 12.9. The Labute approximate surface area is 237 Å². The lowest BCUT2D eigenvalue weighted by atomic mass is 9.74. The summed E-state index contributed by atoms with van der Waals surface area (Å²) >= 11 is 1.00. The molecule has 0 spiro atoms. The zero-order valence-electron chi connectivity index (χ0n) is 22.8. The second-order valence-electron chi connectivity index (χ2n) is 10.0. The van der Waals surface area contributed by atoms with Crippen LogP contribution in [0.1, 0.15) is 40.2 Å². The van der Waals surface area contributed by atoms with Crippen LogP contribution in [0.15, 0.2) is 51.5 Å². The van der Waals surface area contributed by atoms with Crippen molar-refractivity contribution in [1.82, 2.24) is 0 Å². The summed E-state index contributed by atoms with van der Waals surface area (Å²) in [5, 5.41) is -2.58. The van der Waals surface area contributed by atoms with E-state index in [1.165, 1.54) is 24.3 Å². The molecule has 0 N–H and O–H groups in total. The van der Waals surface area contributed by atoms with Crippen LogP contribution in [0, 0.1) is 57.8 Å². The molecule has 1 aliphatic rings. The average molecular weight is 619 g/mol. The van der Waals surface area contributed by atoms with Gasteiger partial charge in [0.1, 0.15) is 0 Å². The molecule has 0 bridgehead atoms. The van der Waals surface area contributed by atoms with Gasteiger partial charge in [0, 0.05) is 21.2 Å². The number of benzene rings is 3. The van der Waals surface area contributed by atoms with Crippen LogP contribution in [-0.4, -0.2) is 6.26 Å². The van der Waals surface area contributed by atoms with E-state index in [0.29, 0.717) is 11.1 Å². The highest BCUT2D eigenvalue weighted by atomic mass is 32.2. The maximum absolute atomic E-state index is 15.9. The number of thioether (sulfide) groups is 1. The van der Waals surface area contributed by atoms with Crippen LogP contribution >= 0.6 is 19.7 Å². The zero-order valence-corrected chi connectivity index (χ0v) is 24.5. The molecule has 1 aliphatic carbocycles. The molecule has 11 heteroatoms. The topological polar surface area (TPSA) is 0 Å². The Balaban J connectivity index is 2.20. The van der Waals surface area contributed by atoms with E-state index in [9.17, 15) is 22.0 Å². The van der Waals surface area contributed by atoms with Gasteiger partial charge in [0.05, 0.1) is 5.30 Å². The molecule has 218 valence electrons. The Morgan fingerprint density at radius 2 is 1.02 bits per heavy atom. The predicted octanol–water partition coefficient (Wildman–Crippen LogP) is 8.65. The van der Waals surface area contributed by atoms with Crippen LogP contribution in [0.3, 0.4) is 0 Å². The minimum atomic E-state index is -3.21. The van der Waals surface area contributed by atoms with Crippen molar-refractivity contribution in [3.63, 3.8) is 0 Å². The van der Waals surface area contributed by atoms with Gasteiger partial charge in [-0.2, -0.15) is 0 Å². The van der Waals surface area contributed by atoms with Gasteiger partial charge in [0.25, 0.3) is 0 Å². The molecule has 0 radical (unpaired) electrons. The van der Waals surface area contributed by atoms with Crippen LogP contribution < -0.4 is 15.9 Å². The Morgan fingerprint density at radius 3 is 1.51 bits per heavy atom. The molecule has 0 saturated heterocycles. The molecule has 1 atom stereocenters. The van der Waals surface area contributed by atoms with Crippen molar-refractivity contribution in [2.75, 3.05) is 6.26 Å². The molecule has 0 aliphatic heterocycles. The van der Waals surface area contributed by atoms with Gasteiger partial charge in [0.15, 0.2) is 46.5 Å². The third-order valence-electron chi connectivity index (χ3n) is 8.17. The lowest BCUT2D eigenvalue weighted by Crippen LogP contribution is -2.35. The third-order valence-corrected chi connectivity index (χ3v) is 11.7. The lowest BCUT2D eigenvalue weighted by molar-refractivity contribution is 0.384. The van der Waals surface area contributed by atoms with Crippen LogP contribution in [0.4, 0.5) is 39.5 Å². The summed E-state index contributed by atoms with van der Waals surface area (Å²) < 4.78 is 135. The monoisotopic (exact) mass is 618 g/mol. The summed E-state index contributed by atoms with van der Waals surface area (Å²) in [6, 6.07) is 5.58. The summed E-state index contributed by atoms with van der Waals surface area (Å²) in [4.78, 5) is 0.226. The molecule has 3 aromatic carbocycles. The quantitative estimate of drug-likeness (QED) is 0.0877. The molecule has 0 saturated carbocycles. The normalized spacial score (nSPS) is 15.8. The summed E-state index contributed by atoms with van der Waals surface area (Å²) in [6.07, 6.45) is 1.06. The van der Waals surface area contributed by atoms with Crippen molar-refractivity contribution in [2.24, 2.45) is 5.41 Å². The SMILES string of the molecule is CSc1ccccc1P(c1c(F)c(F)c(F)c(F)c1F)c1c(F)c(F)c(F)c(F)c1CC1(C)C(C)=C(C)C(C)=C1C. The van der Waals surface area contributed by atoms with Crippen molar-refractivity contribution in [1.29, 1.82) is 0 Å². The van der Waals surface area contributed by atoms with Gasteiger partial charge in [-0.15, -0.1) is 11.8 Å². The number of hydrogen-bond acceptors (Lipinski definition) is 1. The first-order valence-electron chi connectivity index (χ1n) is 12.3. The highest BCUT2D eigenvalue weighted by Gasteiger charge is 2.43. The van der Waals surface area contributed by atoms with Crippen LogP contribution in [0.5, 0.6) is 0 Å². The smallest absolute Gasteiger partial charge is 0.200 e. The Hall–Kier alpha value is -2.71. The zero-order chi connectivity index (χ0) is 30.7. The van der Waals surface area contributed by atoms with Gasteiger partial charge in [0.2, 0.25) is 5.82 Å². The molecule has 1 unspecified atom stereocenters. The first kappa shape index (κ1) is 31.2. The maximum atomic E-state index is 15.9. The van der Waals surface area contributed by atoms with Crippen molar-refractivity contribution >= 4 is 35.6 Å². The van der Waals surface area contributed by atoms with Crippen LogP contribution in [0.2, 0.25) is 0 Å². The van der Waals surface area contributed by atoms with E-state index in [1.807, 2.05) is 0 Å². The fourth-order valence-electron chi connectivity index (χ4n) is 5.31. The van der Waals surface area contributed by atoms with E-state index in [1.54, 1.807) is 40.9 Å². The number of halogens is 9. The fourth-order valence-corrected chi connectivity index (χ4v) is 8.91. The molecule has 0 heterocycles. The summed E-state index contributed by atoms with van der Waals surface area (Å²) in [5.41, 5.74) is 1.29. The number of rotatable bonds is 6. The summed E-state index contributed by atoms with van der Waals surface area (Å²) in [7, 11) is -3.21. The van der Waals surface area contributed by atoms with Crippen molar-refractivity contribution < 1.29 is 39.5 Å². The maximum Gasteiger partial charge on any atom is 0.200 e. The van der Waals surface area contributed by atoms with Gasteiger partial charge >= 0.3 is 0 Å². The standard InChI is InChI=1S/C30H24F9PS/c1-12-13(2)15(4)30(5,14(12)3)11-16-19(31)20(32)22(34)25(37)28(16)40(17-9-7-8-10-18(17)41-6)29-26(38)23(35)21(33)24(36)27(29)39/h7-10H,11H2,1-6H3. The Morgan fingerprint density at radius 1 is 0.610 bits per heavy atom. The number of allylic oxidation sites excluding steroid dienone is 4. The summed E-state index contributed by atoms with van der Waals surface area (Å²) in [6.45, 7) is 8.76. The third kappa shape index (κ3) is 4.71. The second kappa shape index (κ2) is 11.2. The molecule has 0 amide bonds. The van der Waals surface area contributed by atoms with Crippen molar-refractivity contribution in [2.45, 2.75) is 45.9 Å². The van der Waals surface area contributed by atoms with Gasteiger partial charge in [-0.25, -0.2) is 39.5 Å². The number of hydrogen-bond donors (Lipinski definition) is 0. The molecule has 0 fully saturated rings. The van der Waals surface area contributed by atoms with E-state index >= 15 is 17.6 Å². The van der Waals surface area contributed by atoms with Gasteiger partial charge in [-0.05, 0) is 70.8 Å². The molecule has 0 nitrogen and oxygen atoms in total. The highest BCUT2D eigenvalue weighted by Crippen LogP contribution is 2.50. The molecule has 41 heavy (non-hydrogen) atoms. The highest BCUT2D eigenvalue weighted by molar-refractivity contribution is 7.99. The van der Waals surface area contributed by atoms with E-state index < -0.39 is 88.3 Å².